The minimum absolute atomic E-state index is 0.0203. The lowest BCUT2D eigenvalue weighted by Gasteiger charge is -2.43. The average Bonchev–Trinajstić information content (AvgIpc) is 2.42. The van der Waals surface area contributed by atoms with E-state index in [-0.39, 0.29) is 24.0 Å². The van der Waals surface area contributed by atoms with Gasteiger partial charge < -0.3 is 15.4 Å². The summed E-state index contributed by atoms with van der Waals surface area (Å²) in [4.78, 5) is 14.2. The van der Waals surface area contributed by atoms with E-state index in [4.69, 9.17) is 10.5 Å². The summed E-state index contributed by atoms with van der Waals surface area (Å²) in [6.45, 7) is 4.63. The van der Waals surface area contributed by atoms with Crippen LogP contribution in [0, 0.1) is 0 Å². The standard InChI is InChI=1S/C16H24N2O2/c1-11(2)18-15(19)9-8-14(17)16(18)13-7-5-4-6-12(13)10-20-3/h4-7,11,14,16H,8-10,17H2,1-3H3. The van der Waals surface area contributed by atoms with Gasteiger partial charge in [-0.15, -0.1) is 0 Å². The van der Waals surface area contributed by atoms with Crippen molar-refractivity contribution >= 4 is 5.91 Å². The molecule has 2 N–H and O–H groups in total. The Bertz CT molecular complexity index is 473. The number of nitrogens with zero attached hydrogens (tertiary/aromatic N) is 1. The van der Waals surface area contributed by atoms with E-state index >= 15 is 0 Å². The van der Waals surface area contributed by atoms with Gasteiger partial charge in [-0.2, -0.15) is 0 Å². The van der Waals surface area contributed by atoms with Crippen molar-refractivity contribution in [3.63, 3.8) is 0 Å². The van der Waals surface area contributed by atoms with E-state index in [1.807, 2.05) is 36.9 Å². The first-order valence-electron chi connectivity index (χ1n) is 7.19. The van der Waals surface area contributed by atoms with Gasteiger partial charge in [0.2, 0.25) is 5.91 Å². The van der Waals surface area contributed by atoms with Crippen LogP contribution in [0.2, 0.25) is 0 Å². The molecule has 0 aromatic heterocycles. The Morgan fingerprint density at radius 2 is 2.10 bits per heavy atom. The van der Waals surface area contributed by atoms with Crippen molar-refractivity contribution in [2.75, 3.05) is 7.11 Å². The van der Waals surface area contributed by atoms with Crippen molar-refractivity contribution in [3.05, 3.63) is 35.4 Å². The summed E-state index contributed by atoms with van der Waals surface area (Å²) in [6, 6.07) is 8.17. The molecule has 0 bridgehead atoms. The number of nitrogens with two attached hydrogens (primary N) is 1. The van der Waals surface area contributed by atoms with E-state index in [1.54, 1.807) is 7.11 Å². The number of amides is 1. The molecule has 2 rings (SSSR count). The Kier molecular flexibility index (Phi) is 4.78. The van der Waals surface area contributed by atoms with E-state index in [0.29, 0.717) is 13.0 Å². The van der Waals surface area contributed by atoms with E-state index in [2.05, 4.69) is 6.07 Å². The fraction of sp³-hybridized carbons (Fsp3) is 0.562. The van der Waals surface area contributed by atoms with Gasteiger partial charge in [0.1, 0.15) is 0 Å². The fourth-order valence-electron chi connectivity index (χ4n) is 3.04. The highest BCUT2D eigenvalue weighted by Crippen LogP contribution is 2.34. The van der Waals surface area contributed by atoms with Gasteiger partial charge in [0.05, 0.1) is 12.6 Å². The number of rotatable bonds is 4. The van der Waals surface area contributed by atoms with Crippen LogP contribution in [0.15, 0.2) is 24.3 Å². The number of benzene rings is 1. The first-order chi connectivity index (χ1) is 9.56. The van der Waals surface area contributed by atoms with Crippen molar-refractivity contribution < 1.29 is 9.53 Å². The molecule has 1 saturated heterocycles. The van der Waals surface area contributed by atoms with Gasteiger partial charge in [-0.1, -0.05) is 24.3 Å². The molecule has 110 valence electrons. The van der Waals surface area contributed by atoms with E-state index < -0.39 is 0 Å². The summed E-state index contributed by atoms with van der Waals surface area (Å²) in [5.41, 5.74) is 8.55. The Morgan fingerprint density at radius 1 is 1.40 bits per heavy atom. The maximum absolute atomic E-state index is 12.3. The molecule has 1 heterocycles. The second-order valence-electron chi connectivity index (χ2n) is 5.67. The van der Waals surface area contributed by atoms with Gasteiger partial charge >= 0.3 is 0 Å². The summed E-state index contributed by atoms with van der Waals surface area (Å²) in [5.74, 6) is 0.193. The predicted molar refractivity (Wildman–Crippen MR) is 79.1 cm³/mol. The smallest absolute Gasteiger partial charge is 0.223 e. The topological polar surface area (TPSA) is 55.6 Å². The van der Waals surface area contributed by atoms with Gasteiger partial charge in [-0.3, -0.25) is 4.79 Å². The Labute approximate surface area is 120 Å². The molecule has 1 aliphatic heterocycles. The molecule has 1 fully saturated rings. The zero-order valence-corrected chi connectivity index (χ0v) is 12.5. The van der Waals surface area contributed by atoms with Crippen molar-refractivity contribution in [2.45, 2.75) is 51.4 Å². The monoisotopic (exact) mass is 276 g/mol. The number of piperidine rings is 1. The van der Waals surface area contributed by atoms with E-state index in [9.17, 15) is 4.79 Å². The normalized spacial score (nSPS) is 23.4. The van der Waals surface area contributed by atoms with E-state index in [1.165, 1.54) is 0 Å². The average molecular weight is 276 g/mol. The molecule has 1 aromatic rings. The lowest BCUT2D eigenvalue weighted by atomic mass is 9.87. The van der Waals surface area contributed by atoms with Crippen LogP contribution < -0.4 is 5.73 Å². The summed E-state index contributed by atoms with van der Waals surface area (Å²) >= 11 is 0. The highest BCUT2D eigenvalue weighted by atomic mass is 16.5. The maximum Gasteiger partial charge on any atom is 0.223 e. The Morgan fingerprint density at radius 3 is 2.75 bits per heavy atom. The van der Waals surface area contributed by atoms with Crippen LogP contribution in [0.4, 0.5) is 0 Å². The molecular formula is C16H24N2O2. The molecule has 20 heavy (non-hydrogen) atoms. The Hall–Kier alpha value is -1.39. The minimum atomic E-state index is -0.0531. The van der Waals surface area contributed by atoms with Crippen molar-refractivity contribution in [1.29, 1.82) is 0 Å². The van der Waals surface area contributed by atoms with Crippen molar-refractivity contribution in [3.8, 4) is 0 Å². The molecule has 1 aliphatic rings. The van der Waals surface area contributed by atoms with Crippen LogP contribution in [0.3, 0.4) is 0 Å². The highest BCUT2D eigenvalue weighted by Gasteiger charge is 2.37. The van der Waals surface area contributed by atoms with Gasteiger partial charge in [-0.25, -0.2) is 0 Å². The first kappa shape index (κ1) is 15.0. The summed E-state index contributed by atoms with van der Waals surface area (Å²) in [6.07, 6.45) is 1.29. The van der Waals surface area contributed by atoms with Crippen molar-refractivity contribution in [1.82, 2.24) is 4.90 Å². The largest absolute Gasteiger partial charge is 0.380 e. The number of hydrogen-bond donors (Lipinski definition) is 1. The van der Waals surface area contributed by atoms with Gasteiger partial charge in [-0.05, 0) is 31.4 Å². The number of methoxy groups -OCH3 is 1. The molecule has 4 heteroatoms. The molecule has 0 aliphatic carbocycles. The number of carbonyl (C=O) groups excluding carboxylic acids is 1. The second kappa shape index (κ2) is 6.37. The zero-order chi connectivity index (χ0) is 14.7. The number of ether oxygens (including phenoxy) is 1. The summed E-state index contributed by atoms with van der Waals surface area (Å²) < 4.78 is 5.27. The zero-order valence-electron chi connectivity index (χ0n) is 12.5. The lowest BCUT2D eigenvalue weighted by molar-refractivity contribution is -0.139. The number of likely N-dealkylation sites (tertiary alicyclic amines) is 1. The third kappa shape index (κ3) is 2.86. The fourth-order valence-corrected chi connectivity index (χ4v) is 3.04. The summed E-state index contributed by atoms with van der Waals surface area (Å²) in [7, 11) is 1.68. The van der Waals surface area contributed by atoms with Crippen LogP contribution in [-0.4, -0.2) is 30.0 Å². The van der Waals surface area contributed by atoms with Crippen LogP contribution in [-0.2, 0) is 16.1 Å². The quantitative estimate of drug-likeness (QED) is 0.917. The van der Waals surface area contributed by atoms with Crippen LogP contribution >= 0.6 is 0 Å². The maximum atomic E-state index is 12.3. The van der Waals surface area contributed by atoms with Gasteiger partial charge in [0.25, 0.3) is 0 Å². The highest BCUT2D eigenvalue weighted by molar-refractivity contribution is 5.78. The van der Waals surface area contributed by atoms with Gasteiger partial charge in [0, 0.05) is 25.6 Å². The predicted octanol–water partition coefficient (Wildman–Crippen LogP) is 2.23. The number of hydrogen-bond acceptors (Lipinski definition) is 3. The molecule has 2 atom stereocenters. The van der Waals surface area contributed by atoms with Gasteiger partial charge in [0.15, 0.2) is 0 Å². The molecular weight excluding hydrogens is 252 g/mol. The van der Waals surface area contributed by atoms with Crippen LogP contribution in [0.5, 0.6) is 0 Å². The molecule has 0 radical (unpaired) electrons. The summed E-state index contributed by atoms with van der Waals surface area (Å²) in [5, 5.41) is 0. The van der Waals surface area contributed by atoms with Crippen LogP contribution in [0.1, 0.15) is 43.9 Å². The minimum Gasteiger partial charge on any atom is -0.380 e. The molecule has 2 unspecified atom stereocenters. The third-order valence-electron chi connectivity index (χ3n) is 3.91. The molecule has 4 nitrogen and oxygen atoms in total. The van der Waals surface area contributed by atoms with Crippen molar-refractivity contribution in [2.24, 2.45) is 5.73 Å². The number of carbonyl (C=O) groups is 1. The first-order valence-corrected chi connectivity index (χ1v) is 7.19. The van der Waals surface area contributed by atoms with E-state index in [0.717, 1.165) is 17.5 Å². The Balaban J connectivity index is 2.43. The molecule has 0 spiro atoms. The second-order valence-corrected chi connectivity index (χ2v) is 5.67. The SMILES string of the molecule is COCc1ccccc1C1C(N)CCC(=O)N1C(C)C. The molecule has 1 aromatic carbocycles. The lowest BCUT2D eigenvalue weighted by Crippen LogP contribution is -2.51. The van der Waals surface area contributed by atoms with Crippen LogP contribution in [0.25, 0.3) is 0 Å². The third-order valence-corrected chi connectivity index (χ3v) is 3.91. The molecule has 0 saturated carbocycles. The molecule has 1 amide bonds.